The summed E-state index contributed by atoms with van der Waals surface area (Å²) in [5.41, 5.74) is 8.56. The molecule has 1 aliphatic heterocycles. The van der Waals surface area contributed by atoms with Gasteiger partial charge in [0.25, 0.3) is 5.91 Å². The number of amides is 1. The van der Waals surface area contributed by atoms with Crippen molar-refractivity contribution in [2.24, 2.45) is 5.73 Å². The minimum atomic E-state index is 0. The number of carbonyl (C=O) groups is 1. The number of aryl methyl sites for hydroxylation is 1. The van der Waals surface area contributed by atoms with Crippen LogP contribution in [-0.2, 0) is 6.54 Å². The molecule has 1 atom stereocenters. The van der Waals surface area contributed by atoms with E-state index >= 15 is 0 Å². The van der Waals surface area contributed by atoms with Crippen LogP contribution in [-0.4, -0.2) is 17.4 Å². The second kappa shape index (κ2) is 6.99. The van der Waals surface area contributed by atoms with Gasteiger partial charge in [0.05, 0.1) is 18.2 Å². The highest BCUT2D eigenvalue weighted by atomic mass is 35.5. The van der Waals surface area contributed by atoms with Crippen molar-refractivity contribution in [2.75, 3.05) is 6.54 Å². The van der Waals surface area contributed by atoms with Crippen LogP contribution >= 0.6 is 12.4 Å². The summed E-state index contributed by atoms with van der Waals surface area (Å²) in [6.45, 7) is 3.18. The zero-order valence-corrected chi connectivity index (χ0v) is 13.4. The number of hydrogen-bond acceptors (Lipinski definition) is 3. The quantitative estimate of drug-likeness (QED) is 0.942. The second-order valence-corrected chi connectivity index (χ2v) is 5.58. The van der Waals surface area contributed by atoms with Crippen LogP contribution in [0.2, 0.25) is 0 Å². The highest BCUT2D eigenvalue weighted by Gasteiger charge is 2.31. The molecule has 1 saturated heterocycles. The van der Waals surface area contributed by atoms with Crippen LogP contribution in [0, 0.1) is 6.92 Å². The van der Waals surface area contributed by atoms with E-state index in [0.29, 0.717) is 17.9 Å². The molecule has 4 nitrogen and oxygen atoms in total. The Balaban J connectivity index is 0.00000176. The molecule has 1 fully saturated rings. The number of halogens is 1. The van der Waals surface area contributed by atoms with Crippen LogP contribution < -0.4 is 5.73 Å². The molecule has 0 bridgehead atoms. The largest absolute Gasteiger partial charge is 0.467 e. The number of carbonyl (C=O) groups excluding carboxylic acids is 1. The Labute approximate surface area is 136 Å². The fourth-order valence-electron chi connectivity index (χ4n) is 3.00. The van der Waals surface area contributed by atoms with Crippen LogP contribution in [0.4, 0.5) is 0 Å². The van der Waals surface area contributed by atoms with Crippen molar-refractivity contribution in [1.82, 2.24) is 4.90 Å². The van der Waals surface area contributed by atoms with Gasteiger partial charge in [-0.3, -0.25) is 4.79 Å². The molecule has 1 aromatic carbocycles. The van der Waals surface area contributed by atoms with Gasteiger partial charge < -0.3 is 15.1 Å². The molecule has 3 rings (SSSR count). The lowest BCUT2D eigenvalue weighted by molar-refractivity contribution is 0.0735. The second-order valence-electron chi connectivity index (χ2n) is 5.58. The summed E-state index contributed by atoms with van der Waals surface area (Å²) in [6.07, 6.45) is 3.55. The Morgan fingerprint density at radius 1 is 1.41 bits per heavy atom. The van der Waals surface area contributed by atoms with E-state index in [-0.39, 0.29) is 24.4 Å². The van der Waals surface area contributed by atoms with Crippen LogP contribution in [0.3, 0.4) is 0 Å². The summed E-state index contributed by atoms with van der Waals surface area (Å²) >= 11 is 0. The highest BCUT2D eigenvalue weighted by Crippen LogP contribution is 2.33. The summed E-state index contributed by atoms with van der Waals surface area (Å²) in [5, 5.41) is 0. The number of hydrogen-bond donors (Lipinski definition) is 1. The molecule has 1 aliphatic rings. The van der Waals surface area contributed by atoms with Crippen LogP contribution in [0.15, 0.2) is 41.0 Å². The van der Waals surface area contributed by atoms with Gasteiger partial charge >= 0.3 is 0 Å². The first kappa shape index (κ1) is 16.6. The maximum Gasteiger partial charge on any atom is 0.257 e. The minimum absolute atomic E-state index is 0. The van der Waals surface area contributed by atoms with E-state index in [2.05, 4.69) is 31.2 Å². The van der Waals surface area contributed by atoms with E-state index in [1.165, 1.54) is 17.4 Å². The van der Waals surface area contributed by atoms with Crippen LogP contribution in [0.25, 0.3) is 0 Å². The van der Waals surface area contributed by atoms with E-state index in [0.717, 1.165) is 19.4 Å². The summed E-state index contributed by atoms with van der Waals surface area (Å²) < 4.78 is 5.28. The highest BCUT2D eigenvalue weighted by molar-refractivity contribution is 5.94. The molecule has 1 unspecified atom stereocenters. The molecule has 1 amide bonds. The average Bonchev–Trinajstić information content (AvgIpc) is 3.15. The van der Waals surface area contributed by atoms with Crippen molar-refractivity contribution in [1.29, 1.82) is 0 Å². The fourth-order valence-corrected chi connectivity index (χ4v) is 3.00. The molecule has 118 valence electrons. The lowest BCUT2D eigenvalue weighted by Crippen LogP contribution is -2.30. The Bertz CT molecular complexity index is 654. The lowest BCUT2D eigenvalue weighted by atomic mass is 10.0. The van der Waals surface area contributed by atoms with Crippen molar-refractivity contribution in [3.63, 3.8) is 0 Å². The van der Waals surface area contributed by atoms with Gasteiger partial charge in [-0.1, -0.05) is 29.8 Å². The third-order valence-corrected chi connectivity index (χ3v) is 4.04. The Morgan fingerprint density at radius 3 is 2.91 bits per heavy atom. The van der Waals surface area contributed by atoms with Gasteiger partial charge in [0.15, 0.2) is 0 Å². The average molecular weight is 321 g/mol. The molecule has 2 aromatic rings. The van der Waals surface area contributed by atoms with Gasteiger partial charge in [-0.25, -0.2) is 0 Å². The summed E-state index contributed by atoms with van der Waals surface area (Å²) in [5.74, 6) is 0.673. The van der Waals surface area contributed by atoms with Crippen molar-refractivity contribution >= 4 is 18.3 Å². The number of likely N-dealkylation sites (tertiary alicyclic amines) is 1. The molecule has 2 heterocycles. The predicted octanol–water partition coefficient (Wildman–Crippen LogP) is 3.45. The molecular weight excluding hydrogens is 300 g/mol. The molecule has 2 N–H and O–H groups in total. The Kier molecular flexibility index (Phi) is 5.27. The molecule has 0 radical (unpaired) electrons. The SMILES string of the molecule is Cc1cccc(C2CCCN2C(=O)c2coc(CN)c2)c1.Cl. The first-order valence-electron chi connectivity index (χ1n) is 7.34. The molecule has 22 heavy (non-hydrogen) atoms. The zero-order chi connectivity index (χ0) is 14.8. The molecule has 0 aliphatic carbocycles. The zero-order valence-electron chi connectivity index (χ0n) is 12.6. The lowest BCUT2D eigenvalue weighted by Gasteiger charge is -2.25. The van der Waals surface area contributed by atoms with Gasteiger partial charge in [0.1, 0.15) is 12.0 Å². The topological polar surface area (TPSA) is 59.5 Å². The van der Waals surface area contributed by atoms with Crippen molar-refractivity contribution in [3.8, 4) is 0 Å². The third kappa shape index (κ3) is 3.18. The first-order valence-corrected chi connectivity index (χ1v) is 7.34. The van der Waals surface area contributed by atoms with Gasteiger partial charge in [-0.05, 0) is 31.4 Å². The maximum atomic E-state index is 12.7. The van der Waals surface area contributed by atoms with E-state index < -0.39 is 0 Å². The van der Waals surface area contributed by atoms with E-state index in [9.17, 15) is 4.79 Å². The van der Waals surface area contributed by atoms with Crippen LogP contribution in [0.1, 0.15) is 46.1 Å². The summed E-state index contributed by atoms with van der Waals surface area (Å²) in [6, 6.07) is 10.3. The molecule has 0 spiro atoms. The first-order chi connectivity index (χ1) is 10.2. The maximum absolute atomic E-state index is 12.7. The van der Waals surface area contributed by atoms with Crippen molar-refractivity contribution < 1.29 is 9.21 Å². The number of rotatable bonds is 3. The molecule has 1 aromatic heterocycles. The smallest absolute Gasteiger partial charge is 0.257 e. The van der Waals surface area contributed by atoms with Crippen molar-refractivity contribution in [3.05, 3.63) is 59.0 Å². The standard InChI is InChI=1S/C17H20N2O2.ClH/c1-12-4-2-5-13(8-12)16-6-3-7-19(16)17(20)14-9-15(10-18)21-11-14;/h2,4-5,8-9,11,16H,3,6-7,10,18H2,1H3;1H. The van der Waals surface area contributed by atoms with Gasteiger partial charge in [0.2, 0.25) is 0 Å². The summed E-state index contributed by atoms with van der Waals surface area (Å²) in [4.78, 5) is 14.6. The number of furan rings is 1. The number of nitrogens with two attached hydrogens (primary N) is 1. The predicted molar refractivity (Wildman–Crippen MR) is 88.0 cm³/mol. The normalized spacial score (nSPS) is 17.4. The Hall–Kier alpha value is -1.78. The monoisotopic (exact) mass is 320 g/mol. The van der Waals surface area contributed by atoms with E-state index in [4.69, 9.17) is 10.2 Å². The van der Waals surface area contributed by atoms with E-state index in [1.807, 2.05) is 4.90 Å². The van der Waals surface area contributed by atoms with E-state index in [1.54, 1.807) is 6.07 Å². The van der Waals surface area contributed by atoms with Gasteiger partial charge in [-0.15, -0.1) is 12.4 Å². The van der Waals surface area contributed by atoms with Crippen LogP contribution in [0.5, 0.6) is 0 Å². The number of benzene rings is 1. The van der Waals surface area contributed by atoms with Gasteiger partial charge in [-0.2, -0.15) is 0 Å². The fraction of sp³-hybridized carbons (Fsp3) is 0.353. The minimum Gasteiger partial charge on any atom is -0.467 e. The molecule has 0 saturated carbocycles. The third-order valence-electron chi connectivity index (χ3n) is 4.04. The Morgan fingerprint density at radius 2 is 2.23 bits per heavy atom. The molecular formula is C17H21ClN2O2. The number of nitrogens with zero attached hydrogens (tertiary/aromatic N) is 1. The summed E-state index contributed by atoms with van der Waals surface area (Å²) in [7, 11) is 0. The van der Waals surface area contributed by atoms with Crippen molar-refractivity contribution in [2.45, 2.75) is 32.4 Å². The van der Waals surface area contributed by atoms with Gasteiger partial charge in [0, 0.05) is 6.54 Å². The molecule has 5 heteroatoms.